The predicted octanol–water partition coefficient (Wildman–Crippen LogP) is 11.5. The Hall–Kier alpha value is -6.59. The third-order valence-corrected chi connectivity index (χ3v) is 9.14. The standard InChI is InChI=1S/C43H25N3O2/c1-3-13-26(14-4-1)41-44-42(27-15-5-2-6-16-27)46-43(45-41)35-25-34-29-18-8-10-24-37(29)48-40(34)38-30(19-11-20-31(35)38)33-22-12-21-32-28-17-7-9-23-36(28)47-39(32)33/h1-25H. The van der Waals surface area contributed by atoms with E-state index < -0.39 is 0 Å². The van der Waals surface area contributed by atoms with Crippen LogP contribution in [0, 0.1) is 0 Å². The molecule has 0 fully saturated rings. The Kier molecular flexibility index (Phi) is 5.81. The van der Waals surface area contributed by atoms with E-state index in [4.69, 9.17) is 23.8 Å². The topological polar surface area (TPSA) is 65.0 Å². The van der Waals surface area contributed by atoms with Crippen molar-refractivity contribution in [3.8, 4) is 45.3 Å². The molecular formula is C43H25N3O2. The molecule has 0 unspecified atom stereocenters. The van der Waals surface area contributed by atoms with Gasteiger partial charge in [-0.15, -0.1) is 0 Å². The van der Waals surface area contributed by atoms with E-state index in [1.54, 1.807) is 0 Å². The number of fused-ring (bicyclic) bond motifs is 8. The molecule has 10 rings (SSSR count). The van der Waals surface area contributed by atoms with Gasteiger partial charge in [-0.2, -0.15) is 0 Å². The van der Waals surface area contributed by atoms with E-state index >= 15 is 0 Å². The quantitative estimate of drug-likeness (QED) is 0.197. The summed E-state index contributed by atoms with van der Waals surface area (Å²) < 4.78 is 13.2. The van der Waals surface area contributed by atoms with Crippen molar-refractivity contribution < 1.29 is 8.83 Å². The molecule has 10 aromatic rings. The van der Waals surface area contributed by atoms with Gasteiger partial charge in [-0.05, 0) is 29.1 Å². The zero-order valence-electron chi connectivity index (χ0n) is 25.6. The minimum Gasteiger partial charge on any atom is -0.455 e. The van der Waals surface area contributed by atoms with Gasteiger partial charge in [0.15, 0.2) is 17.5 Å². The van der Waals surface area contributed by atoms with Gasteiger partial charge in [0.2, 0.25) is 0 Å². The molecule has 224 valence electrons. The smallest absolute Gasteiger partial charge is 0.164 e. The molecule has 3 heterocycles. The van der Waals surface area contributed by atoms with Crippen LogP contribution < -0.4 is 0 Å². The lowest BCUT2D eigenvalue weighted by Gasteiger charge is -2.13. The Bertz CT molecular complexity index is 2780. The van der Waals surface area contributed by atoms with Gasteiger partial charge in [0.1, 0.15) is 22.3 Å². The van der Waals surface area contributed by atoms with Gasteiger partial charge in [-0.1, -0.05) is 133 Å². The van der Waals surface area contributed by atoms with Crippen molar-refractivity contribution in [2.45, 2.75) is 0 Å². The molecule has 0 aliphatic heterocycles. The number of rotatable bonds is 4. The Balaban J connectivity index is 1.33. The number of hydrogen-bond donors (Lipinski definition) is 0. The van der Waals surface area contributed by atoms with Gasteiger partial charge in [0.05, 0.1) is 0 Å². The van der Waals surface area contributed by atoms with Gasteiger partial charge < -0.3 is 8.83 Å². The van der Waals surface area contributed by atoms with Crippen LogP contribution in [0.3, 0.4) is 0 Å². The average molecular weight is 616 g/mol. The second kappa shape index (κ2) is 10.5. The third kappa shape index (κ3) is 4.08. The highest BCUT2D eigenvalue weighted by Gasteiger charge is 2.22. The zero-order chi connectivity index (χ0) is 31.6. The zero-order valence-corrected chi connectivity index (χ0v) is 25.6. The number of benzene rings is 7. The van der Waals surface area contributed by atoms with Crippen LogP contribution in [0.5, 0.6) is 0 Å². The largest absolute Gasteiger partial charge is 0.455 e. The molecule has 0 spiro atoms. The fourth-order valence-corrected chi connectivity index (χ4v) is 6.94. The first-order valence-electron chi connectivity index (χ1n) is 15.9. The summed E-state index contributed by atoms with van der Waals surface area (Å²) in [5.41, 5.74) is 8.12. The van der Waals surface area contributed by atoms with Crippen LogP contribution >= 0.6 is 0 Å². The molecule has 0 atom stereocenters. The SMILES string of the molecule is c1ccc(-c2nc(-c3ccccc3)nc(-c3cc4c5ccccc5oc4c4c(-c5cccc6c5oc5ccccc56)cccc34)n2)cc1. The molecule has 0 radical (unpaired) electrons. The van der Waals surface area contributed by atoms with Gasteiger partial charge in [-0.25, -0.2) is 15.0 Å². The third-order valence-electron chi connectivity index (χ3n) is 9.14. The van der Waals surface area contributed by atoms with Gasteiger partial charge in [0.25, 0.3) is 0 Å². The summed E-state index contributed by atoms with van der Waals surface area (Å²) in [4.78, 5) is 15.2. The van der Waals surface area contributed by atoms with Gasteiger partial charge in [0, 0.05) is 49.2 Å². The van der Waals surface area contributed by atoms with Gasteiger partial charge in [-0.3, -0.25) is 0 Å². The van der Waals surface area contributed by atoms with Crippen molar-refractivity contribution in [3.05, 3.63) is 152 Å². The van der Waals surface area contributed by atoms with E-state index in [0.717, 1.165) is 82.5 Å². The number of hydrogen-bond acceptors (Lipinski definition) is 5. The van der Waals surface area contributed by atoms with Crippen LogP contribution in [0.25, 0.3) is 99.9 Å². The molecule has 0 bridgehead atoms. The predicted molar refractivity (Wildman–Crippen MR) is 194 cm³/mol. The van der Waals surface area contributed by atoms with E-state index in [1.807, 2.05) is 97.1 Å². The normalized spacial score (nSPS) is 11.8. The van der Waals surface area contributed by atoms with Crippen LogP contribution in [-0.2, 0) is 0 Å². The number of aromatic nitrogens is 3. The molecule has 0 amide bonds. The van der Waals surface area contributed by atoms with Crippen molar-refractivity contribution in [3.63, 3.8) is 0 Å². The molecule has 0 saturated heterocycles. The van der Waals surface area contributed by atoms with Crippen molar-refractivity contribution in [1.82, 2.24) is 15.0 Å². The van der Waals surface area contributed by atoms with Crippen molar-refractivity contribution in [2.75, 3.05) is 0 Å². The number of nitrogens with zero attached hydrogens (tertiary/aromatic N) is 3. The summed E-state index contributed by atoms with van der Waals surface area (Å²) in [7, 11) is 0. The Morgan fingerprint density at radius 1 is 0.333 bits per heavy atom. The van der Waals surface area contributed by atoms with Crippen LogP contribution in [-0.4, -0.2) is 15.0 Å². The maximum Gasteiger partial charge on any atom is 0.164 e. The highest BCUT2D eigenvalue weighted by Crippen LogP contribution is 2.45. The fourth-order valence-electron chi connectivity index (χ4n) is 6.94. The molecule has 0 aliphatic rings. The highest BCUT2D eigenvalue weighted by atomic mass is 16.3. The van der Waals surface area contributed by atoms with E-state index in [1.165, 1.54) is 0 Å². The van der Waals surface area contributed by atoms with Crippen LogP contribution in [0.1, 0.15) is 0 Å². The van der Waals surface area contributed by atoms with Crippen molar-refractivity contribution >= 4 is 54.6 Å². The first-order chi connectivity index (χ1) is 23.8. The summed E-state index contributed by atoms with van der Waals surface area (Å²) in [5, 5.41) is 6.17. The number of para-hydroxylation sites is 3. The van der Waals surface area contributed by atoms with Crippen LogP contribution in [0.2, 0.25) is 0 Å². The Morgan fingerprint density at radius 3 is 1.50 bits per heavy atom. The molecule has 5 nitrogen and oxygen atoms in total. The Labute approximate surface area is 274 Å². The monoisotopic (exact) mass is 615 g/mol. The van der Waals surface area contributed by atoms with E-state index in [-0.39, 0.29) is 0 Å². The van der Waals surface area contributed by atoms with E-state index in [0.29, 0.717) is 17.5 Å². The summed E-state index contributed by atoms with van der Waals surface area (Å²) in [6.45, 7) is 0. The van der Waals surface area contributed by atoms with Gasteiger partial charge >= 0.3 is 0 Å². The minimum atomic E-state index is 0.596. The molecular weight excluding hydrogens is 590 g/mol. The van der Waals surface area contributed by atoms with Crippen LogP contribution in [0.15, 0.2) is 160 Å². The summed E-state index contributed by atoms with van der Waals surface area (Å²) >= 11 is 0. The Morgan fingerprint density at radius 2 is 0.833 bits per heavy atom. The molecule has 5 heteroatoms. The van der Waals surface area contributed by atoms with Crippen LogP contribution in [0.4, 0.5) is 0 Å². The lowest BCUT2D eigenvalue weighted by molar-refractivity contribution is 0.670. The highest BCUT2D eigenvalue weighted by molar-refractivity contribution is 6.24. The summed E-state index contributed by atoms with van der Waals surface area (Å²) in [6.07, 6.45) is 0. The maximum absolute atomic E-state index is 6.69. The average Bonchev–Trinajstić information content (AvgIpc) is 3.73. The molecule has 0 saturated carbocycles. The van der Waals surface area contributed by atoms with E-state index in [9.17, 15) is 0 Å². The molecule has 7 aromatic carbocycles. The summed E-state index contributed by atoms with van der Waals surface area (Å²) in [6, 6.07) is 51.4. The number of furan rings is 2. The second-order valence-corrected chi connectivity index (χ2v) is 11.9. The lowest BCUT2D eigenvalue weighted by Crippen LogP contribution is -2.00. The molecule has 3 aromatic heterocycles. The molecule has 0 aliphatic carbocycles. The fraction of sp³-hybridized carbons (Fsp3) is 0. The lowest BCUT2D eigenvalue weighted by atomic mass is 9.92. The van der Waals surface area contributed by atoms with Crippen molar-refractivity contribution in [2.24, 2.45) is 0 Å². The summed E-state index contributed by atoms with van der Waals surface area (Å²) in [5.74, 6) is 1.83. The maximum atomic E-state index is 6.69. The molecule has 48 heavy (non-hydrogen) atoms. The second-order valence-electron chi connectivity index (χ2n) is 11.9. The molecule has 0 N–H and O–H groups in total. The van der Waals surface area contributed by atoms with E-state index in [2.05, 4.69) is 54.6 Å². The minimum absolute atomic E-state index is 0.596. The first-order valence-corrected chi connectivity index (χ1v) is 15.9. The van der Waals surface area contributed by atoms with Crippen molar-refractivity contribution in [1.29, 1.82) is 0 Å². The first kappa shape index (κ1) is 26.6.